The van der Waals surface area contributed by atoms with E-state index in [9.17, 15) is 4.79 Å². The molecule has 0 saturated heterocycles. The third-order valence-electron chi connectivity index (χ3n) is 3.68. The first-order valence-corrected chi connectivity index (χ1v) is 8.98. The Morgan fingerprint density at radius 1 is 1.17 bits per heavy atom. The molecule has 0 spiro atoms. The zero-order valence-electron chi connectivity index (χ0n) is 13.9. The summed E-state index contributed by atoms with van der Waals surface area (Å²) in [4.78, 5) is 13.4. The first-order valence-electron chi connectivity index (χ1n) is 7.62. The fourth-order valence-electron chi connectivity index (χ4n) is 2.67. The van der Waals surface area contributed by atoms with Crippen LogP contribution in [0, 0.1) is 20.8 Å². The van der Waals surface area contributed by atoms with Gasteiger partial charge in [0.2, 0.25) is 5.91 Å². The van der Waals surface area contributed by atoms with Crippen LogP contribution in [-0.4, -0.2) is 11.7 Å². The Balaban J connectivity index is 1.95. The van der Waals surface area contributed by atoms with Crippen molar-refractivity contribution in [1.82, 2.24) is 5.32 Å². The summed E-state index contributed by atoms with van der Waals surface area (Å²) in [5, 5.41) is 3.71. The van der Waals surface area contributed by atoms with Crippen molar-refractivity contribution in [1.29, 1.82) is 0 Å². The molecule has 0 aliphatic rings. The Kier molecular flexibility index (Phi) is 6.14. The van der Waals surface area contributed by atoms with Gasteiger partial charge in [-0.3, -0.25) is 4.79 Å². The van der Waals surface area contributed by atoms with Crippen molar-refractivity contribution in [2.45, 2.75) is 38.6 Å². The average Bonchev–Trinajstić information content (AvgIpc) is 2.46. The van der Waals surface area contributed by atoms with Gasteiger partial charge < -0.3 is 5.32 Å². The third kappa shape index (κ3) is 5.02. The second-order valence-electron chi connectivity index (χ2n) is 5.86. The lowest BCUT2D eigenvalue weighted by Gasteiger charge is -2.15. The van der Waals surface area contributed by atoms with Crippen LogP contribution in [-0.2, 0) is 4.79 Å². The SMILES string of the molecule is Cc1cc(C)c(SCC(=O)NC(C)c2cccc(Cl)c2)c(C)c1. The molecule has 2 rings (SSSR count). The Morgan fingerprint density at radius 2 is 1.83 bits per heavy atom. The number of aryl methyl sites for hydroxylation is 3. The molecule has 1 unspecified atom stereocenters. The molecular formula is C19H22ClNOS. The zero-order chi connectivity index (χ0) is 17.0. The second kappa shape index (κ2) is 7.89. The molecule has 0 aromatic heterocycles. The quantitative estimate of drug-likeness (QED) is 0.750. The van der Waals surface area contributed by atoms with E-state index in [0.29, 0.717) is 10.8 Å². The number of carbonyl (C=O) groups excluding carboxylic acids is 1. The van der Waals surface area contributed by atoms with Crippen molar-refractivity contribution in [3.05, 3.63) is 63.7 Å². The van der Waals surface area contributed by atoms with Gasteiger partial charge in [-0.15, -0.1) is 11.8 Å². The van der Waals surface area contributed by atoms with Gasteiger partial charge in [0.25, 0.3) is 0 Å². The minimum atomic E-state index is -0.0537. The van der Waals surface area contributed by atoms with Crippen LogP contribution in [0.15, 0.2) is 41.3 Å². The highest BCUT2D eigenvalue weighted by Crippen LogP contribution is 2.27. The van der Waals surface area contributed by atoms with Crippen LogP contribution in [0.3, 0.4) is 0 Å². The molecule has 0 radical (unpaired) electrons. The molecule has 122 valence electrons. The monoisotopic (exact) mass is 347 g/mol. The summed E-state index contributed by atoms with van der Waals surface area (Å²) in [6.07, 6.45) is 0. The molecule has 0 bridgehead atoms. The zero-order valence-corrected chi connectivity index (χ0v) is 15.5. The summed E-state index contributed by atoms with van der Waals surface area (Å²) < 4.78 is 0. The van der Waals surface area contributed by atoms with Gasteiger partial charge in [-0.2, -0.15) is 0 Å². The van der Waals surface area contributed by atoms with Crippen molar-refractivity contribution in [3.8, 4) is 0 Å². The van der Waals surface area contributed by atoms with Gasteiger partial charge in [0.05, 0.1) is 11.8 Å². The second-order valence-corrected chi connectivity index (χ2v) is 7.28. The summed E-state index contributed by atoms with van der Waals surface area (Å²) in [6.45, 7) is 8.24. The molecule has 0 saturated carbocycles. The number of halogens is 1. The minimum Gasteiger partial charge on any atom is -0.349 e. The van der Waals surface area contributed by atoms with E-state index in [0.717, 1.165) is 5.56 Å². The molecule has 1 amide bonds. The van der Waals surface area contributed by atoms with E-state index in [2.05, 4.69) is 38.2 Å². The lowest BCUT2D eigenvalue weighted by atomic mass is 10.1. The fraction of sp³-hybridized carbons (Fsp3) is 0.316. The molecule has 23 heavy (non-hydrogen) atoms. The minimum absolute atomic E-state index is 0.0295. The molecule has 2 aromatic rings. The van der Waals surface area contributed by atoms with Gasteiger partial charge in [-0.05, 0) is 56.5 Å². The largest absolute Gasteiger partial charge is 0.349 e. The van der Waals surface area contributed by atoms with Crippen LogP contribution in [0.2, 0.25) is 5.02 Å². The Morgan fingerprint density at radius 3 is 2.43 bits per heavy atom. The number of nitrogens with one attached hydrogen (secondary N) is 1. The molecular weight excluding hydrogens is 326 g/mol. The smallest absolute Gasteiger partial charge is 0.230 e. The number of hydrogen-bond donors (Lipinski definition) is 1. The van der Waals surface area contributed by atoms with E-state index in [4.69, 9.17) is 11.6 Å². The number of thioether (sulfide) groups is 1. The van der Waals surface area contributed by atoms with E-state index < -0.39 is 0 Å². The van der Waals surface area contributed by atoms with Crippen molar-refractivity contribution in [2.24, 2.45) is 0 Å². The molecule has 0 heterocycles. The van der Waals surface area contributed by atoms with Crippen LogP contribution >= 0.6 is 23.4 Å². The van der Waals surface area contributed by atoms with Gasteiger partial charge in [0.1, 0.15) is 0 Å². The maximum atomic E-state index is 12.2. The highest BCUT2D eigenvalue weighted by molar-refractivity contribution is 8.00. The van der Waals surface area contributed by atoms with Crippen molar-refractivity contribution in [2.75, 3.05) is 5.75 Å². The Labute approximate surface area is 147 Å². The van der Waals surface area contributed by atoms with Gasteiger partial charge in [-0.25, -0.2) is 0 Å². The predicted molar refractivity (Wildman–Crippen MR) is 99.4 cm³/mol. The highest BCUT2D eigenvalue weighted by atomic mass is 35.5. The molecule has 1 atom stereocenters. The van der Waals surface area contributed by atoms with Gasteiger partial charge in [0.15, 0.2) is 0 Å². The Bertz CT molecular complexity index is 691. The molecule has 0 aliphatic carbocycles. The molecule has 2 nitrogen and oxygen atoms in total. The van der Waals surface area contributed by atoms with E-state index in [1.807, 2.05) is 31.2 Å². The number of hydrogen-bond acceptors (Lipinski definition) is 2. The van der Waals surface area contributed by atoms with Crippen molar-refractivity contribution < 1.29 is 4.79 Å². The maximum Gasteiger partial charge on any atom is 0.230 e. The number of amides is 1. The van der Waals surface area contributed by atoms with Gasteiger partial charge in [-0.1, -0.05) is 41.4 Å². The normalized spacial score (nSPS) is 12.0. The third-order valence-corrected chi connectivity index (χ3v) is 5.25. The molecule has 1 N–H and O–H groups in total. The van der Waals surface area contributed by atoms with Crippen LogP contribution in [0.1, 0.15) is 35.2 Å². The highest BCUT2D eigenvalue weighted by Gasteiger charge is 2.12. The van der Waals surface area contributed by atoms with Gasteiger partial charge in [0, 0.05) is 9.92 Å². The van der Waals surface area contributed by atoms with E-state index in [1.165, 1.54) is 21.6 Å². The number of rotatable bonds is 5. The van der Waals surface area contributed by atoms with Crippen LogP contribution in [0.4, 0.5) is 0 Å². The summed E-state index contributed by atoms with van der Waals surface area (Å²) in [7, 11) is 0. The van der Waals surface area contributed by atoms with E-state index in [1.54, 1.807) is 11.8 Å². The molecule has 0 fully saturated rings. The summed E-state index contributed by atoms with van der Waals surface area (Å²) >= 11 is 7.59. The topological polar surface area (TPSA) is 29.1 Å². The summed E-state index contributed by atoms with van der Waals surface area (Å²) in [5.41, 5.74) is 4.72. The van der Waals surface area contributed by atoms with Crippen molar-refractivity contribution >= 4 is 29.3 Å². The summed E-state index contributed by atoms with van der Waals surface area (Å²) in [5.74, 6) is 0.442. The van der Waals surface area contributed by atoms with Gasteiger partial charge >= 0.3 is 0 Å². The predicted octanol–water partition coefficient (Wildman–Crippen LogP) is 5.23. The summed E-state index contributed by atoms with van der Waals surface area (Å²) in [6, 6.07) is 11.8. The lowest BCUT2D eigenvalue weighted by molar-refractivity contribution is -0.119. The first-order chi connectivity index (χ1) is 10.9. The van der Waals surface area contributed by atoms with E-state index >= 15 is 0 Å². The van der Waals surface area contributed by atoms with Crippen LogP contribution < -0.4 is 5.32 Å². The average molecular weight is 348 g/mol. The number of benzene rings is 2. The van der Waals surface area contributed by atoms with Crippen molar-refractivity contribution in [3.63, 3.8) is 0 Å². The van der Waals surface area contributed by atoms with E-state index in [-0.39, 0.29) is 11.9 Å². The first kappa shape index (κ1) is 17.9. The fourth-order valence-corrected chi connectivity index (χ4v) is 3.81. The number of carbonyl (C=O) groups is 1. The standard InChI is InChI=1S/C19H22ClNOS/c1-12-8-13(2)19(14(3)9-12)23-11-18(22)21-15(4)16-6-5-7-17(20)10-16/h5-10,15H,11H2,1-4H3,(H,21,22). The lowest BCUT2D eigenvalue weighted by Crippen LogP contribution is -2.28. The van der Waals surface area contributed by atoms with Crippen LogP contribution in [0.5, 0.6) is 0 Å². The molecule has 4 heteroatoms. The Hall–Kier alpha value is -1.45. The molecule has 2 aromatic carbocycles. The molecule has 0 aliphatic heterocycles. The maximum absolute atomic E-state index is 12.2. The van der Waals surface area contributed by atoms with Crippen LogP contribution in [0.25, 0.3) is 0 Å².